The number of aliphatic imine (C=N–C) groups is 1. The van der Waals surface area contributed by atoms with Crippen molar-refractivity contribution in [3.63, 3.8) is 0 Å². The van der Waals surface area contributed by atoms with Gasteiger partial charge in [0.2, 0.25) is 0 Å². The normalized spacial score (nSPS) is 14.0. The number of nitrogen functional groups attached to an aromatic ring is 1. The van der Waals surface area contributed by atoms with Gasteiger partial charge >= 0.3 is 0 Å². The van der Waals surface area contributed by atoms with Gasteiger partial charge in [0.05, 0.1) is 6.54 Å². The van der Waals surface area contributed by atoms with Crippen LogP contribution in [0.25, 0.3) is 0 Å². The van der Waals surface area contributed by atoms with E-state index in [9.17, 15) is 0 Å². The Morgan fingerprint density at radius 2 is 1.95 bits per heavy atom. The summed E-state index contributed by atoms with van der Waals surface area (Å²) in [6.45, 7) is 0.915. The molecule has 0 aliphatic carbocycles. The molecule has 1 aliphatic rings. The molecule has 0 fully saturated rings. The number of rotatable bonds is 4. The molecule has 1 aliphatic heterocycles. The van der Waals surface area contributed by atoms with Crippen LogP contribution in [0.15, 0.2) is 47.5 Å². The number of thioether (sulfide) groups is 1. The molecule has 0 saturated heterocycles. The summed E-state index contributed by atoms with van der Waals surface area (Å²) in [7, 11) is 0. The highest BCUT2D eigenvalue weighted by atomic mass is 32.2. The van der Waals surface area contributed by atoms with Crippen LogP contribution in [0.4, 0.5) is 11.5 Å². The zero-order valence-electron chi connectivity index (χ0n) is 11.7. The van der Waals surface area contributed by atoms with Crippen molar-refractivity contribution < 1.29 is 0 Å². The molecule has 21 heavy (non-hydrogen) atoms. The molecule has 1 aromatic heterocycles. The first-order valence-corrected chi connectivity index (χ1v) is 8.03. The van der Waals surface area contributed by atoms with Crippen LogP contribution in [0.5, 0.6) is 0 Å². The number of anilines is 2. The first-order valence-electron chi connectivity index (χ1n) is 7.04. The Bertz CT molecular complexity index is 637. The number of amidine groups is 1. The minimum atomic E-state index is 0.585. The van der Waals surface area contributed by atoms with Crippen LogP contribution >= 0.6 is 11.8 Å². The predicted molar refractivity (Wildman–Crippen MR) is 90.9 cm³/mol. The number of pyridine rings is 1. The molecule has 0 unspecified atom stereocenters. The Labute approximate surface area is 128 Å². The maximum Gasteiger partial charge on any atom is 0.161 e. The third-order valence-electron chi connectivity index (χ3n) is 3.29. The van der Waals surface area contributed by atoms with Gasteiger partial charge in [-0.05, 0) is 42.7 Å². The summed E-state index contributed by atoms with van der Waals surface area (Å²) in [6, 6.07) is 14.3. The van der Waals surface area contributed by atoms with Crippen molar-refractivity contribution in [1.29, 1.82) is 0 Å². The quantitative estimate of drug-likeness (QED) is 0.911. The van der Waals surface area contributed by atoms with Crippen LogP contribution in [-0.2, 0) is 12.8 Å². The van der Waals surface area contributed by atoms with Crippen LogP contribution in [0, 0.1) is 0 Å². The lowest BCUT2D eigenvalue weighted by atomic mass is 10.1. The minimum absolute atomic E-state index is 0.585. The number of hydrogen-bond acceptors (Lipinski definition) is 5. The van der Waals surface area contributed by atoms with Crippen LogP contribution in [0.1, 0.15) is 11.3 Å². The van der Waals surface area contributed by atoms with E-state index in [1.54, 1.807) is 11.8 Å². The maximum atomic E-state index is 5.69. The lowest BCUT2D eigenvalue weighted by Gasteiger charge is -2.07. The van der Waals surface area contributed by atoms with E-state index in [2.05, 4.69) is 39.6 Å². The van der Waals surface area contributed by atoms with Gasteiger partial charge in [-0.1, -0.05) is 30.0 Å². The topological polar surface area (TPSA) is 63.3 Å². The molecule has 1 aromatic carbocycles. The fourth-order valence-electron chi connectivity index (χ4n) is 2.20. The van der Waals surface area contributed by atoms with Gasteiger partial charge in [0, 0.05) is 17.1 Å². The Hall–Kier alpha value is -2.01. The van der Waals surface area contributed by atoms with Crippen molar-refractivity contribution in [1.82, 2.24) is 4.98 Å². The van der Waals surface area contributed by atoms with E-state index in [4.69, 9.17) is 5.73 Å². The first-order chi connectivity index (χ1) is 10.3. The number of nitrogens with zero attached hydrogens (tertiary/aromatic N) is 2. The summed E-state index contributed by atoms with van der Waals surface area (Å²) >= 11 is 1.77. The van der Waals surface area contributed by atoms with Crippen LogP contribution in [0.2, 0.25) is 0 Å². The molecule has 0 radical (unpaired) electrons. The molecule has 3 N–H and O–H groups in total. The van der Waals surface area contributed by atoms with E-state index < -0.39 is 0 Å². The fourth-order valence-corrected chi connectivity index (χ4v) is 2.95. The highest BCUT2D eigenvalue weighted by molar-refractivity contribution is 8.14. The molecule has 5 heteroatoms. The minimum Gasteiger partial charge on any atom is -0.384 e. The highest BCUT2D eigenvalue weighted by Gasteiger charge is 2.06. The molecule has 3 rings (SSSR count). The van der Waals surface area contributed by atoms with Gasteiger partial charge in [0.15, 0.2) is 5.17 Å². The van der Waals surface area contributed by atoms with Crippen molar-refractivity contribution in [3.8, 4) is 0 Å². The van der Waals surface area contributed by atoms with Gasteiger partial charge < -0.3 is 11.1 Å². The van der Waals surface area contributed by atoms with Gasteiger partial charge in [-0.25, -0.2) is 4.98 Å². The van der Waals surface area contributed by atoms with Gasteiger partial charge in [0.25, 0.3) is 0 Å². The zero-order chi connectivity index (χ0) is 14.5. The SMILES string of the molecule is Nc1cccc(CCc2ccc(NC3=NCCS3)cc2)n1. The van der Waals surface area contributed by atoms with E-state index in [0.717, 1.165) is 41.7 Å². The maximum absolute atomic E-state index is 5.69. The predicted octanol–water partition coefficient (Wildman–Crippen LogP) is 2.96. The van der Waals surface area contributed by atoms with E-state index in [-0.39, 0.29) is 0 Å². The molecular formula is C16H18N4S. The molecule has 0 amide bonds. The number of benzene rings is 1. The van der Waals surface area contributed by atoms with E-state index in [1.165, 1.54) is 5.56 Å². The van der Waals surface area contributed by atoms with Crippen molar-refractivity contribution in [2.75, 3.05) is 23.3 Å². The van der Waals surface area contributed by atoms with E-state index >= 15 is 0 Å². The molecule has 0 atom stereocenters. The van der Waals surface area contributed by atoms with Gasteiger partial charge in [-0.3, -0.25) is 4.99 Å². The Balaban J connectivity index is 1.56. The second-order valence-corrected chi connectivity index (χ2v) is 5.99. The Morgan fingerprint density at radius 3 is 2.67 bits per heavy atom. The molecule has 0 saturated carbocycles. The molecule has 0 spiro atoms. The fraction of sp³-hybridized carbons (Fsp3) is 0.250. The first kappa shape index (κ1) is 13.9. The van der Waals surface area contributed by atoms with E-state index in [1.807, 2.05) is 18.2 Å². The number of nitrogens with two attached hydrogens (primary N) is 1. The van der Waals surface area contributed by atoms with Gasteiger partial charge in [-0.2, -0.15) is 0 Å². The summed E-state index contributed by atoms with van der Waals surface area (Å²) in [5.74, 6) is 1.66. The van der Waals surface area contributed by atoms with Crippen molar-refractivity contribution >= 4 is 28.4 Å². The second kappa shape index (κ2) is 6.63. The summed E-state index contributed by atoms with van der Waals surface area (Å²) < 4.78 is 0. The van der Waals surface area contributed by atoms with Crippen molar-refractivity contribution in [3.05, 3.63) is 53.7 Å². The largest absolute Gasteiger partial charge is 0.384 e. The average molecular weight is 298 g/mol. The molecule has 0 bridgehead atoms. The third-order valence-corrected chi connectivity index (χ3v) is 4.18. The summed E-state index contributed by atoms with van der Waals surface area (Å²) in [5.41, 5.74) is 9.12. The second-order valence-electron chi connectivity index (χ2n) is 4.91. The Kier molecular flexibility index (Phi) is 4.40. The zero-order valence-corrected chi connectivity index (χ0v) is 12.6. The molecule has 4 nitrogen and oxygen atoms in total. The van der Waals surface area contributed by atoms with Crippen molar-refractivity contribution in [2.45, 2.75) is 12.8 Å². The lowest BCUT2D eigenvalue weighted by Crippen LogP contribution is -2.04. The molecule has 2 heterocycles. The smallest absolute Gasteiger partial charge is 0.161 e. The summed E-state index contributed by atoms with van der Waals surface area (Å²) in [6.07, 6.45) is 1.87. The van der Waals surface area contributed by atoms with Gasteiger partial charge in [0.1, 0.15) is 5.82 Å². The van der Waals surface area contributed by atoms with E-state index in [0.29, 0.717) is 5.82 Å². The summed E-state index contributed by atoms with van der Waals surface area (Å²) in [4.78, 5) is 8.71. The number of hydrogen-bond donors (Lipinski definition) is 2. The highest BCUT2D eigenvalue weighted by Crippen LogP contribution is 2.17. The van der Waals surface area contributed by atoms with Gasteiger partial charge in [-0.15, -0.1) is 0 Å². The number of nitrogens with one attached hydrogen (secondary N) is 1. The van der Waals surface area contributed by atoms with Crippen LogP contribution in [-0.4, -0.2) is 22.4 Å². The molecular weight excluding hydrogens is 280 g/mol. The molecule has 108 valence electrons. The number of aromatic nitrogens is 1. The average Bonchev–Trinajstić information content (AvgIpc) is 3.00. The standard InChI is InChI=1S/C16H18N4S/c17-15-3-1-2-13(19-15)7-4-12-5-8-14(9-6-12)20-16-18-10-11-21-16/h1-3,5-6,8-9H,4,7,10-11H2,(H2,17,19)(H,18,20). The van der Waals surface area contributed by atoms with Crippen LogP contribution in [0.3, 0.4) is 0 Å². The molecule has 2 aromatic rings. The Morgan fingerprint density at radius 1 is 1.10 bits per heavy atom. The third kappa shape index (κ3) is 3.98. The lowest BCUT2D eigenvalue weighted by molar-refractivity contribution is 0.917. The summed E-state index contributed by atoms with van der Waals surface area (Å²) in [5, 5.41) is 4.35. The number of aryl methyl sites for hydroxylation is 2. The van der Waals surface area contributed by atoms with Crippen LogP contribution < -0.4 is 11.1 Å². The van der Waals surface area contributed by atoms with Crippen molar-refractivity contribution in [2.24, 2.45) is 4.99 Å². The monoisotopic (exact) mass is 298 g/mol.